The smallest absolute Gasteiger partial charge is 0.257 e. The van der Waals surface area contributed by atoms with Crippen LogP contribution >= 0.6 is 0 Å². The van der Waals surface area contributed by atoms with Gasteiger partial charge < -0.3 is 15.4 Å². The second-order valence-electron chi connectivity index (χ2n) is 3.17. The van der Waals surface area contributed by atoms with Crippen LogP contribution in [-0.4, -0.2) is 32.7 Å². The van der Waals surface area contributed by atoms with Crippen molar-refractivity contribution >= 4 is 5.91 Å². The summed E-state index contributed by atoms with van der Waals surface area (Å²) in [6.45, 7) is 1.03. The molecule has 0 aromatic heterocycles. The number of hydrogen-bond acceptors (Lipinski definition) is 3. The summed E-state index contributed by atoms with van der Waals surface area (Å²) >= 11 is 0. The average molecular weight is 226 g/mol. The van der Waals surface area contributed by atoms with E-state index in [2.05, 4.69) is 10.6 Å². The van der Waals surface area contributed by atoms with Crippen molar-refractivity contribution in [2.45, 2.75) is 0 Å². The van der Waals surface area contributed by atoms with E-state index in [0.717, 1.165) is 0 Å². The molecule has 16 heavy (non-hydrogen) atoms. The van der Waals surface area contributed by atoms with Gasteiger partial charge in [0, 0.05) is 13.1 Å². The lowest BCUT2D eigenvalue weighted by Crippen LogP contribution is -2.33. The van der Waals surface area contributed by atoms with E-state index in [1.54, 1.807) is 19.2 Å². The van der Waals surface area contributed by atoms with Crippen molar-refractivity contribution in [3.8, 4) is 5.75 Å². The highest BCUT2D eigenvalue weighted by Crippen LogP contribution is 2.14. The SMILES string of the molecule is CNCCNC(=O)COc1ccccc1F. The number of hydrogen-bond donors (Lipinski definition) is 2. The molecule has 88 valence electrons. The first kappa shape index (κ1) is 12.4. The van der Waals surface area contributed by atoms with Crippen molar-refractivity contribution in [2.24, 2.45) is 0 Å². The number of benzene rings is 1. The number of ether oxygens (including phenoxy) is 1. The number of para-hydroxylation sites is 1. The number of nitrogens with one attached hydrogen (secondary N) is 2. The molecule has 1 amide bonds. The Bertz CT molecular complexity index is 345. The van der Waals surface area contributed by atoms with Crippen LogP contribution < -0.4 is 15.4 Å². The summed E-state index contributed by atoms with van der Waals surface area (Å²) in [6.07, 6.45) is 0. The zero-order chi connectivity index (χ0) is 11.8. The minimum Gasteiger partial charge on any atom is -0.481 e. The predicted octanol–water partition coefficient (Wildman–Crippen LogP) is 0.540. The molecule has 0 radical (unpaired) electrons. The highest BCUT2D eigenvalue weighted by molar-refractivity contribution is 5.77. The third-order valence-corrected chi connectivity index (χ3v) is 1.89. The Morgan fingerprint density at radius 3 is 2.81 bits per heavy atom. The van der Waals surface area contributed by atoms with Crippen LogP contribution in [0.1, 0.15) is 0 Å². The van der Waals surface area contributed by atoms with Crippen LogP contribution in [0.25, 0.3) is 0 Å². The lowest BCUT2D eigenvalue weighted by molar-refractivity contribution is -0.123. The van der Waals surface area contributed by atoms with Gasteiger partial charge >= 0.3 is 0 Å². The molecule has 2 N–H and O–H groups in total. The number of rotatable bonds is 6. The molecule has 0 aliphatic heterocycles. The molecule has 0 saturated heterocycles. The van der Waals surface area contributed by atoms with Crippen LogP contribution in [0.3, 0.4) is 0 Å². The highest BCUT2D eigenvalue weighted by Gasteiger charge is 2.04. The van der Waals surface area contributed by atoms with Gasteiger partial charge in [0.25, 0.3) is 5.91 Å². The van der Waals surface area contributed by atoms with Crippen LogP contribution in [0.2, 0.25) is 0 Å². The van der Waals surface area contributed by atoms with Crippen LogP contribution in [0.4, 0.5) is 4.39 Å². The van der Waals surface area contributed by atoms with Crippen LogP contribution in [0, 0.1) is 5.82 Å². The molecule has 0 aliphatic rings. The van der Waals surface area contributed by atoms with Gasteiger partial charge in [0.1, 0.15) is 0 Å². The molecule has 1 aromatic rings. The van der Waals surface area contributed by atoms with Gasteiger partial charge in [0.05, 0.1) is 0 Å². The molecular weight excluding hydrogens is 211 g/mol. The van der Waals surface area contributed by atoms with Gasteiger partial charge in [0.15, 0.2) is 18.2 Å². The number of likely N-dealkylation sites (N-methyl/N-ethyl adjacent to an activating group) is 1. The van der Waals surface area contributed by atoms with E-state index in [4.69, 9.17) is 4.74 Å². The number of amides is 1. The molecule has 0 spiro atoms. The monoisotopic (exact) mass is 226 g/mol. The van der Waals surface area contributed by atoms with Gasteiger partial charge in [-0.3, -0.25) is 4.79 Å². The minimum absolute atomic E-state index is 0.0891. The summed E-state index contributed by atoms with van der Waals surface area (Å²) in [4.78, 5) is 11.2. The molecule has 1 rings (SSSR count). The lowest BCUT2D eigenvalue weighted by atomic mass is 10.3. The van der Waals surface area contributed by atoms with Gasteiger partial charge in [-0.25, -0.2) is 4.39 Å². The Kier molecular flexibility index (Phi) is 5.28. The molecule has 0 unspecified atom stereocenters. The Morgan fingerprint density at radius 2 is 2.12 bits per heavy atom. The summed E-state index contributed by atoms with van der Waals surface area (Å²) in [5.74, 6) is -0.643. The fraction of sp³-hybridized carbons (Fsp3) is 0.364. The van der Waals surface area contributed by atoms with Gasteiger partial charge in [-0.1, -0.05) is 12.1 Å². The van der Waals surface area contributed by atoms with Gasteiger partial charge in [-0.2, -0.15) is 0 Å². The normalized spacial score (nSPS) is 9.88. The predicted molar refractivity (Wildman–Crippen MR) is 58.8 cm³/mol. The number of carbonyl (C=O) groups excluding carboxylic acids is 1. The van der Waals surface area contributed by atoms with E-state index in [1.807, 2.05) is 0 Å². The maximum Gasteiger partial charge on any atom is 0.257 e. The molecule has 1 aromatic carbocycles. The van der Waals surface area contributed by atoms with E-state index in [1.165, 1.54) is 12.1 Å². The fourth-order valence-corrected chi connectivity index (χ4v) is 1.08. The largest absolute Gasteiger partial charge is 0.481 e. The van der Waals surface area contributed by atoms with Gasteiger partial charge in [-0.15, -0.1) is 0 Å². The van der Waals surface area contributed by atoms with Gasteiger partial charge in [0.2, 0.25) is 0 Å². The third kappa shape index (κ3) is 4.27. The molecule has 0 aliphatic carbocycles. The molecule has 0 heterocycles. The molecule has 5 heteroatoms. The first-order chi connectivity index (χ1) is 7.74. The van der Waals surface area contributed by atoms with E-state index >= 15 is 0 Å². The Balaban J connectivity index is 2.29. The van der Waals surface area contributed by atoms with Crippen molar-refractivity contribution in [2.75, 3.05) is 26.7 Å². The minimum atomic E-state index is -0.467. The lowest BCUT2D eigenvalue weighted by Gasteiger charge is -2.07. The van der Waals surface area contributed by atoms with Crippen LogP contribution in [-0.2, 0) is 4.79 Å². The molecule has 0 saturated carbocycles. The summed E-state index contributed by atoms with van der Waals surface area (Å²) in [6, 6.07) is 5.98. The Hall–Kier alpha value is -1.62. The fourth-order valence-electron chi connectivity index (χ4n) is 1.08. The van der Waals surface area contributed by atoms with Crippen molar-refractivity contribution in [3.05, 3.63) is 30.1 Å². The van der Waals surface area contributed by atoms with Crippen molar-refractivity contribution in [1.29, 1.82) is 0 Å². The van der Waals surface area contributed by atoms with E-state index in [-0.39, 0.29) is 18.3 Å². The Labute approximate surface area is 93.8 Å². The molecular formula is C11H15FN2O2. The second-order valence-corrected chi connectivity index (χ2v) is 3.17. The van der Waals surface area contributed by atoms with Crippen molar-refractivity contribution < 1.29 is 13.9 Å². The van der Waals surface area contributed by atoms with E-state index < -0.39 is 5.82 Å². The molecule has 0 bridgehead atoms. The number of carbonyl (C=O) groups is 1. The maximum absolute atomic E-state index is 13.1. The van der Waals surface area contributed by atoms with Crippen LogP contribution in [0.15, 0.2) is 24.3 Å². The number of halogens is 1. The zero-order valence-electron chi connectivity index (χ0n) is 9.13. The summed E-state index contributed by atoms with van der Waals surface area (Å²) in [5, 5.41) is 5.51. The van der Waals surface area contributed by atoms with Crippen molar-refractivity contribution in [1.82, 2.24) is 10.6 Å². The molecule has 4 nitrogen and oxygen atoms in total. The van der Waals surface area contributed by atoms with Crippen LogP contribution in [0.5, 0.6) is 5.75 Å². The third-order valence-electron chi connectivity index (χ3n) is 1.89. The highest BCUT2D eigenvalue weighted by atomic mass is 19.1. The van der Waals surface area contributed by atoms with Gasteiger partial charge in [-0.05, 0) is 19.2 Å². The standard InChI is InChI=1S/C11H15FN2O2/c1-13-6-7-14-11(15)8-16-10-5-3-2-4-9(10)12/h2-5,13H,6-8H2,1H3,(H,14,15). The van der Waals surface area contributed by atoms with Crippen molar-refractivity contribution in [3.63, 3.8) is 0 Å². The second kappa shape index (κ2) is 6.79. The zero-order valence-corrected chi connectivity index (χ0v) is 9.13. The maximum atomic E-state index is 13.1. The average Bonchev–Trinajstić information content (AvgIpc) is 2.28. The first-order valence-corrected chi connectivity index (χ1v) is 5.02. The Morgan fingerprint density at radius 1 is 1.38 bits per heavy atom. The first-order valence-electron chi connectivity index (χ1n) is 5.02. The summed E-state index contributed by atoms with van der Waals surface area (Å²) in [5.41, 5.74) is 0. The topological polar surface area (TPSA) is 50.4 Å². The molecule has 0 fully saturated rings. The quantitative estimate of drug-likeness (QED) is 0.696. The summed E-state index contributed by atoms with van der Waals surface area (Å²) < 4.78 is 18.1. The van der Waals surface area contributed by atoms with E-state index in [0.29, 0.717) is 13.1 Å². The summed E-state index contributed by atoms with van der Waals surface area (Å²) in [7, 11) is 1.79. The van der Waals surface area contributed by atoms with E-state index in [9.17, 15) is 9.18 Å². The molecule has 0 atom stereocenters.